The zero-order valence-electron chi connectivity index (χ0n) is 9.93. The van der Waals surface area contributed by atoms with Gasteiger partial charge in [-0.15, -0.1) is 0 Å². The molecular formula is C12H14F2N2O2. The Morgan fingerprint density at radius 1 is 1.50 bits per heavy atom. The molecule has 3 N–H and O–H groups in total. The van der Waals surface area contributed by atoms with Crippen molar-refractivity contribution in [2.24, 2.45) is 0 Å². The minimum absolute atomic E-state index is 0.151. The number of carbonyl (C=O) groups excluding carboxylic acids is 1. The number of amides is 1. The van der Waals surface area contributed by atoms with Gasteiger partial charge in [0.15, 0.2) is 5.82 Å². The van der Waals surface area contributed by atoms with E-state index in [1.165, 1.54) is 0 Å². The number of nitrogen functional groups attached to an aromatic ring is 1. The molecule has 0 bridgehead atoms. The number of hydrogen-bond acceptors (Lipinski definition) is 3. The Balaban J connectivity index is 2.22. The number of nitrogens with one attached hydrogen (secondary N) is 1. The van der Waals surface area contributed by atoms with Gasteiger partial charge >= 0.3 is 0 Å². The van der Waals surface area contributed by atoms with E-state index in [4.69, 9.17) is 10.5 Å². The first kappa shape index (κ1) is 12.8. The molecule has 0 spiro atoms. The van der Waals surface area contributed by atoms with E-state index >= 15 is 0 Å². The van der Waals surface area contributed by atoms with Crippen molar-refractivity contribution in [2.45, 2.75) is 25.4 Å². The van der Waals surface area contributed by atoms with Crippen LogP contribution < -0.4 is 11.1 Å². The Kier molecular flexibility index (Phi) is 3.21. The van der Waals surface area contributed by atoms with Crippen molar-refractivity contribution in [3.8, 4) is 0 Å². The molecule has 1 aromatic rings. The topological polar surface area (TPSA) is 64.4 Å². The first-order chi connectivity index (χ1) is 8.42. The lowest BCUT2D eigenvalue weighted by molar-refractivity contribution is -0.133. The number of anilines is 2. The van der Waals surface area contributed by atoms with Crippen molar-refractivity contribution in [2.75, 3.05) is 17.7 Å². The van der Waals surface area contributed by atoms with Crippen LogP contribution in [0.15, 0.2) is 12.1 Å². The fraction of sp³-hybridized carbons (Fsp3) is 0.417. The van der Waals surface area contributed by atoms with Crippen LogP contribution in [0.4, 0.5) is 20.2 Å². The van der Waals surface area contributed by atoms with E-state index in [-0.39, 0.29) is 11.4 Å². The average molecular weight is 256 g/mol. The molecule has 98 valence electrons. The second-order valence-corrected chi connectivity index (χ2v) is 4.49. The summed E-state index contributed by atoms with van der Waals surface area (Å²) in [5, 5.41) is 2.36. The minimum Gasteiger partial charge on any atom is -0.397 e. The number of ether oxygens (including phenoxy) is 1. The van der Waals surface area contributed by atoms with Crippen LogP contribution in [-0.4, -0.2) is 18.1 Å². The van der Waals surface area contributed by atoms with Gasteiger partial charge in [0.2, 0.25) is 0 Å². The summed E-state index contributed by atoms with van der Waals surface area (Å²) in [5.41, 5.74) is 4.14. The van der Waals surface area contributed by atoms with Crippen LogP contribution in [0.2, 0.25) is 0 Å². The van der Waals surface area contributed by atoms with Gasteiger partial charge in [-0.1, -0.05) is 0 Å². The van der Waals surface area contributed by atoms with Gasteiger partial charge in [-0.2, -0.15) is 0 Å². The van der Waals surface area contributed by atoms with Crippen molar-refractivity contribution in [3.05, 3.63) is 23.8 Å². The second kappa shape index (κ2) is 4.53. The molecule has 1 atom stereocenters. The highest BCUT2D eigenvalue weighted by Gasteiger charge is 2.38. The third-order valence-corrected chi connectivity index (χ3v) is 3.02. The molecule has 1 unspecified atom stereocenters. The first-order valence-corrected chi connectivity index (χ1v) is 5.62. The maximum absolute atomic E-state index is 13.5. The van der Waals surface area contributed by atoms with E-state index in [1.54, 1.807) is 6.92 Å². The van der Waals surface area contributed by atoms with Crippen molar-refractivity contribution in [1.82, 2.24) is 0 Å². The van der Waals surface area contributed by atoms with Crippen LogP contribution >= 0.6 is 0 Å². The number of halogens is 2. The third kappa shape index (κ3) is 2.28. The van der Waals surface area contributed by atoms with Gasteiger partial charge in [-0.25, -0.2) is 8.78 Å². The van der Waals surface area contributed by atoms with Crippen molar-refractivity contribution in [3.63, 3.8) is 0 Å². The number of nitrogens with two attached hydrogens (primary N) is 1. The summed E-state index contributed by atoms with van der Waals surface area (Å²) in [6.45, 7) is 2.12. The summed E-state index contributed by atoms with van der Waals surface area (Å²) < 4.78 is 31.7. The Bertz CT molecular complexity index is 462. The molecule has 1 amide bonds. The van der Waals surface area contributed by atoms with E-state index in [0.29, 0.717) is 19.1 Å². The zero-order chi connectivity index (χ0) is 13.3. The van der Waals surface area contributed by atoms with Gasteiger partial charge in [0.25, 0.3) is 5.91 Å². The minimum atomic E-state index is -0.979. The van der Waals surface area contributed by atoms with E-state index in [2.05, 4.69) is 5.32 Å². The van der Waals surface area contributed by atoms with Crippen molar-refractivity contribution in [1.29, 1.82) is 0 Å². The molecule has 2 rings (SSSR count). The Hall–Kier alpha value is -1.69. The van der Waals surface area contributed by atoms with Gasteiger partial charge in [0.1, 0.15) is 17.1 Å². The molecule has 6 heteroatoms. The lowest BCUT2D eigenvalue weighted by Crippen LogP contribution is -2.39. The van der Waals surface area contributed by atoms with E-state index in [0.717, 1.165) is 12.5 Å². The molecule has 1 aliphatic rings. The van der Waals surface area contributed by atoms with Gasteiger partial charge in [-0.05, 0) is 25.8 Å². The van der Waals surface area contributed by atoms with Crippen LogP contribution in [0, 0.1) is 11.6 Å². The normalized spacial score (nSPS) is 23.1. The van der Waals surface area contributed by atoms with Crippen LogP contribution in [0.5, 0.6) is 0 Å². The predicted molar refractivity (Wildman–Crippen MR) is 63.0 cm³/mol. The van der Waals surface area contributed by atoms with Crippen LogP contribution in [-0.2, 0) is 9.53 Å². The van der Waals surface area contributed by atoms with Gasteiger partial charge in [0.05, 0.1) is 5.69 Å². The third-order valence-electron chi connectivity index (χ3n) is 3.02. The first-order valence-electron chi connectivity index (χ1n) is 5.62. The zero-order valence-corrected chi connectivity index (χ0v) is 9.93. The largest absolute Gasteiger partial charge is 0.397 e. The second-order valence-electron chi connectivity index (χ2n) is 4.49. The molecule has 1 aliphatic heterocycles. The summed E-state index contributed by atoms with van der Waals surface area (Å²) in [7, 11) is 0. The average Bonchev–Trinajstić information content (AvgIpc) is 2.71. The SMILES string of the molecule is CC1(C(=O)Nc2c(N)cc(F)cc2F)CCCO1. The Labute approximate surface area is 103 Å². The molecule has 1 fully saturated rings. The van der Waals surface area contributed by atoms with Crippen LogP contribution in [0.25, 0.3) is 0 Å². The predicted octanol–water partition coefficient (Wildman–Crippen LogP) is 2.05. The molecule has 4 nitrogen and oxygen atoms in total. The summed E-state index contributed by atoms with van der Waals surface area (Å²) in [6, 6.07) is 1.63. The molecule has 1 heterocycles. The number of hydrogen-bond donors (Lipinski definition) is 2. The monoisotopic (exact) mass is 256 g/mol. The molecular weight excluding hydrogens is 242 g/mol. The molecule has 0 saturated carbocycles. The quantitative estimate of drug-likeness (QED) is 0.796. The van der Waals surface area contributed by atoms with Gasteiger partial charge < -0.3 is 15.8 Å². The lowest BCUT2D eigenvalue weighted by atomic mass is 10.0. The van der Waals surface area contributed by atoms with E-state index in [1.807, 2.05) is 0 Å². The molecule has 1 saturated heterocycles. The maximum Gasteiger partial charge on any atom is 0.256 e. The Morgan fingerprint density at radius 2 is 2.22 bits per heavy atom. The highest BCUT2D eigenvalue weighted by atomic mass is 19.1. The van der Waals surface area contributed by atoms with Crippen molar-refractivity contribution >= 4 is 17.3 Å². The van der Waals surface area contributed by atoms with Crippen LogP contribution in [0.1, 0.15) is 19.8 Å². The highest BCUT2D eigenvalue weighted by Crippen LogP contribution is 2.29. The summed E-state index contributed by atoms with van der Waals surface area (Å²) in [5.74, 6) is -2.16. The van der Waals surface area contributed by atoms with Crippen molar-refractivity contribution < 1.29 is 18.3 Å². The highest BCUT2D eigenvalue weighted by molar-refractivity contribution is 5.99. The molecule has 0 aromatic heterocycles. The van der Waals surface area contributed by atoms with Crippen LogP contribution in [0.3, 0.4) is 0 Å². The summed E-state index contributed by atoms with van der Waals surface area (Å²) in [4.78, 5) is 12.0. The summed E-state index contributed by atoms with van der Waals surface area (Å²) >= 11 is 0. The summed E-state index contributed by atoms with van der Waals surface area (Å²) in [6.07, 6.45) is 1.33. The number of benzene rings is 1. The number of rotatable bonds is 2. The fourth-order valence-corrected chi connectivity index (χ4v) is 1.93. The van der Waals surface area contributed by atoms with Gasteiger partial charge in [0, 0.05) is 12.7 Å². The van der Waals surface area contributed by atoms with Gasteiger partial charge in [-0.3, -0.25) is 4.79 Å². The van der Waals surface area contributed by atoms with E-state index in [9.17, 15) is 13.6 Å². The fourth-order valence-electron chi connectivity index (χ4n) is 1.93. The molecule has 0 aliphatic carbocycles. The maximum atomic E-state index is 13.5. The van der Waals surface area contributed by atoms with E-state index < -0.39 is 23.1 Å². The molecule has 0 radical (unpaired) electrons. The Morgan fingerprint density at radius 3 is 2.78 bits per heavy atom. The number of carbonyl (C=O) groups is 1. The standard InChI is InChI=1S/C12H14F2N2O2/c1-12(3-2-4-18-12)11(17)16-10-8(14)5-7(13)6-9(10)15/h5-6H,2-4,15H2,1H3,(H,16,17). The lowest BCUT2D eigenvalue weighted by Gasteiger charge is -2.22. The smallest absolute Gasteiger partial charge is 0.256 e. The molecule has 18 heavy (non-hydrogen) atoms. The molecule has 1 aromatic carbocycles.